The number of hydrogen-bond acceptors (Lipinski definition) is 3. The van der Waals surface area contributed by atoms with E-state index in [2.05, 4.69) is 54.5 Å². The minimum absolute atomic E-state index is 0.0477. The molecule has 0 bridgehead atoms. The molecule has 0 amide bonds. The average Bonchev–Trinajstić information content (AvgIpc) is 2.77. The monoisotopic (exact) mass is 482 g/mol. The van der Waals surface area contributed by atoms with Gasteiger partial charge in [-0.2, -0.15) is 0 Å². The molecule has 3 heteroatoms. The van der Waals surface area contributed by atoms with Gasteiger partial charge in [-0.3, -0.25) is 9.59 Å². The van der Waals surface area contributed by atoms with Crippen LogP contribution in [0.3, 0.4) is 0 Å². The third-order valence-electron chi connectivity index (χ3n) is 13.2. The highest BCUT2D eigenvalue weighted by atomic mass is 16.5. The molecule has 196 valence electrons. The molecule has 0 radical (unpaired) electrons. The molecule has 5 rings (SSSR count). The molecule has 0 N–H and O–H groups in total. The first-order valence-electron chi connectivity index (χ1n) is 14.5. The molecule has 5 aliphatic carbocycles. The number of hydrogen-bond donors (Lipinski definition) is 0. The maximum Gasteiger partial charge on any atom is 0.302 e. The van der Waals surface area contributed by atoms with Gasteiger partial charge in [-0.25, -0.2) is 0 Å². The van der Waals surface area contributed by atoms with Crippen molar-refractivity contribution in [3.05, 3.63) is 11.6 Å². The Balaban J connectivity index is 1.52. The van der Waals surface area contributed by atoms with Crippen LogP contribution in [0.15, 0.2) is 11.6 Å². The summed E-state index contributed by atoms with van der Waals surface area (Å²) in [6.45, 7) is 19.2. The van der Waals surface area contributed by atoms with Crippen LogP contribution >= 0.6 is 0 Å². The number of rotatable bonds is 2. The van der Waals surface area contributed by atoms with Crippen molar-refractivity contribution in [2.75, 3.05) is 6.61 Å². The van der Waals surface area contributed by atoms with Crippen molar-refractivity contribution in [2.45, 2.75) is 120 Å². The fourth-order valence-electron chi connectivity index (χ4n) is 10.7. The molecular weight excluding hydrogens is 432 g/mol. The Hall–Kier alpha value is -1.12. The van der Waals surface area contributed by atoms with Crippen molar-refractivity contribution in [3.63, 3.8) is 0 Å². The number of ether oxygens (including phenoxy) is 1. The number of ketones is 1. The van der Waals surface area contributed by atoms with Gasteiger partial charge in [0, 0.05) is 24.2 Å². The second-order valence-electron chi connectivity index (χ2n) is 15.4. The summed E-state index contributed by atoms with van der Waals surface area (Å²) in [7, 11) is 0. The number of Topliss-reactive ketones (excluding diaryl/α,β-unsaturated/α-hetero) is 1. The van der Waals surface area contributed by atoms with E-state index in [1.54, 1.807) is 5.57 Å². The lowest BCUT2D eigenvalue weighted by atomic mass is 9.32. The van der Waals surface area contributed by atoms with Crippen molar-refractivity contribution in [3.8, 4) is 0 Å². The maximum absolute atomic E-state index is 13.0. The smallest absolute Gasteiger partial charge is 0.302 e. The molecule has 5 aliphatic rings. The largest absolute Gasteiger partial charge is 0.465 e. The molecule has 0 aromatic heterocycles. The molecule has 35 heavy (non-hydrogen) atoms. The van der Waals surface area contributed by atoms with Gasteiger partial charge < -0.3 is 4.74 Å². The zero-order valence-corrected chi connectivity index (χ0v) is 23.8. The van der Waals surface area contributed by atoms with Crippen LogP contribution in [0.25, 0.3) is 0 Å². The van der Waals surface area contributed by atoms with Gasteiger partial charge in [0.2, 0.25) is 0 Å². The van der Waals surface area contributed by atoms with Gasteiger partial charge in [0.25, 0.3) is 0 Å². The zero-order valence-electron chi connectivity index (χ0n) is 23.8. The van der Waals surface area contributed by atoms with Crippen LogP contribution < -0.4 is 0 Å². The van der Waals surface area contributed by atoms with Gasteiger partial charge in [-0.05, 0) is 97.2 Å². The first-order chi connectivity index (χ1) is 16.1. The fraction of sp³-hybridized carbons (Fsp3) is 0.875. The van der Waals surface area contributed by atoms with Crippen LogP contribution in [-0.2, 0) is 14.3 Å². The number of esters is 1. The molecule has 0 saturated heterocycles. The molecule has 0 aromatic carbocycles. The van der Waals surface area contributed by atoms with E-state index in [4.69, 9.17) is 4.74 Å². The highest BCUT2D eigenvalue weighted by Gasteiger charge is 2.68. The predicted octanol–water partition coefficient (Wildman–Crippen LogP) is 7.92. The quantitative estimate of drug-likeness (QED) is 0.296. The Labute approximate surface area is 214 Å². The van der Waals surface area contributed by atoms with E-state index in [0.717, 1.165) is 19.3 Å². The highest BCUT2D eigenvalue weighted by Crippen LogP contribution is 2.76. The normalized spacial score (nSPS) is 50.7. The molecular formula is C32H50O3. The van der Waals surface area contributed by atoms with Crippen LogP contribution in [0.5, 0.6) is 0 Å². The Morgan fingerprint density at radius 2 is 1.54 bits per heavy atom. The number of allylic oxidation sites excluding steroid dienone is 1. The lowest BCUT2D eigenvalue weighted by Gasteiger charge is -2.72. The third-order valence-corrected chi connectivity index (χ3v) is 13.2. The third kappa shape index (κ3) is 3.41. The van der Waals surface area contributed by atoms with E-state index in [-0.39, 0.29) is 22.2 Å². The van der Waals surface area contributed by atoms with Gasteiger partial charge in [0.05, 0.1) is 0 Å². The number of carbonyl (C=O) groups is 2. The maximum atomic E-state index is 13.0. The number of carbonyl (C=O) groups excluding carboxylic acids is 2. The summed E-state index contributed by atoms with van der Waals surface area (Å²) in [4.78, 5) is 24.6. The van der Waals surface area contributed by atoms with Gasteiger partial charge in [-0.15, -0.1) is 0 Å². The van der Waals surface area contributed by atoms with Gasteiger partial charge in [-0.1, -0.05) is 60.1 Å². The zero-order chi connectivity index (χ0) is 25.7. The Kier molecular flexibility index (Phi) is 5.62. The second kappa shape index (κ2) is 7.70. The predicted molar refractivity (Wildman–Crippen MR) is 141 cm³/mol. The van der Waals surface area contributed by atoms with Gasteiger partial charge >= 0.3 is 5.97 Å². The van der Waals surface area contributed by atoms with Crippen LogP contribution in [0.2, 0.25) is 0 Å². The summed E-state index contributed by atoms with van der Waals surface area (Å²) in [5.41, 5.74) is 2.63. The fourth-order valence-corrected chi connectivity index (χ4v) is 10.7. The van der Waals surface area contributed by atoms with Crippen LogP contribution in [-0.4, -0.2) is 18.4 Å². The van der Waals surface area contributed by atoms with E-state index < -0.39 is 0 Å². The minimum Gasteiger partial charge on any atom is -0.465 e. The van der Waals surface area contributed by atoms with Crippen molar-refractivity contribution in [1.29, 1.82) is 0 Å². The Morgan fingerprint density at radius 3 is 2.23 bits per heavy atom. The van der Waals surface area contributed by atoms with E-state index in [1.807, 2.05) is 0 Å². The average molecular weight is 483 g/mol. The van der Waals surface area contributed by atoms with Crippen molar-refractivity contribution in [2.24, 2.45) is 50.2 Å². The molecule has 3 nitrogen and oxygen atoms in total. The van der Waals surface area contributed by atoms with Crippen molar-refractivity contribution < 1.29 is 14.3 Å². The van der Waals surface area contributed by atoms with E-state index in [9.17, 15) is 9.59 Å². The molecule has 0 spiro atoms. The standard InChI is InChI=1S/C32H50O3/c1-21(33)35-20-28(4)15-16-29(5)17-18-31(7)22(23(29)19-28)9-10-25-30(6)13-12-26(34)27(2,3)24(30)11-14-32(25,31)8/h19,22,24-25H,9-18,20H2,1-8H3/t22?,24?,25?,28-,29-,30+,31-,32-/m1/s1. The van der Waals surface area contributed by atoms with Crippen molar-refractivity contribution >= 4 is 11.8 Å². The molecule has 4 fully saturated rings. The number of fused-ring (bicyclic) bond motifs is 7. The molecule has 3 unspecified atom stereocenters. The Morgan fingerprint density at radius 1 is 0.857 bits per heavy atom. The first kappa shape index (κ1) is 25.5. The second-order valence-corrected chi connectivity index (χ2v) is 15.4. The van der Waals surface area contributed by atoms with Gasteiger partial charge in [0.1, 0.15) is 12.4 Å². The van der Waals surface area contributed by atoms with Crippen LogP contribution in [0.4, 0.5) is 0 Å². The molecule has 8 atom stereocenters. The molecule has 0 aromatic rings. The summed E-state index contributed by atoms with van der Waals surface area (Å²) in [6.07, 6.45) is 14.4. The summed E-state index contributed by atoms with van der Waals surface area (Å²) in [5, 5.41) is 0. The lowest BCUT2D eigenvalue weighted by molar-refractivity contribution is -0.211. The lowest BCUT2D eigenvalue weighted by Crippen LogP contribution is -2.65. The van der Waals surface area contributed by atoms with Crippen LogP contribution in [0.1, 0.15) is 120 Å². The molecule has 4 saturated carbocycles. The summed E-state index contributed by atoms with van der Waals surface area (Å²) >= 11 is 0. The van der Waals surface area contributed by atoms with Gasteiger partial charge in [0.15, 0.2) is 0 Å². The topological polar surface area (TPSA) is 43.4 Å². The minimum atomic E-state index is -0.179. The van der Waals surface area contributed by atoms with E-state index >= 15 is 0 Å². The first-order valence-corrected chi connectivity index (χ1v) is 14.5. The molecule has 0 aliphatic heterocycles. The summed E-state index contributed by atoms with van der Waals surface area (Å²) in [5.74, 6) is 2.17. The SMILES string of the molecule is CC(=O)OC[C@@]1(C)C=C2C3CCC4[C@@]5(C)CCC(=O)C(C)(C)C5CC[C@@]4(C)[C@]3(C)CC[C@@]2(C)CC1. The summed E-state index contributed by atoms with van der Waals surface area (Å²) < 4.78 is 5.55. The Bertz CT molecular complexity index is 962. The highest BCUT2D eigenvalue weighted by molar-refractivity contribution is 5.85. The summed E-state index contributed by atoms with van der Waals surface area (Å²) in [6, 6.07) is 0. The van der Waals surface area contributed by atoms with E-state index in [1.165, 1.54) is 51.9 Å². The van der Waals surface area contributed by atoms with Crippen LogP contribution in [0, 0.1) is 50.2 Å². The van der Waals surface area contributed by atoms with Crippen molar-refractivity contribution in [1.82, 2.24) is 0 Å². The van der Waals surface area contributed by atoms with E-state index in [0.29, 0.717) is 46.4 Å². The molecule has 0 heterocycles.